The second-order valence-electron chi connectivity index (χ2n) is 9.90. The van der Waals surface area contributed by atoms with Crippen molar-refractivity contribution < 1.29 is 19.4 Å². The van der Waals surface area contributed by atoms with Crippen molar-refractivity contribution in [1.82, 2.24) is 4.98 Å². The molecule has 37 heavy (non-hydrogen) atoms. The molecule has 1 unspecified atom stereocenters. The fourth-order valence-electron chi connectivity index (χ4n) is 4.33. The van der Waals surface area contributed by atoms with Crippen molar-refractivity contribution in [3.05, 3.63) is 94.6 Å². The molecule has 4 rings (SSSR count). The monoisotopic (exact) mass is 516 g/mol. The molecule has 1 aromatic heterocycles. The summed E-state index contributed by atoms with van der Waals surface area (Å²) in [4.78, 5) is 31.9. The Kier molecular flexibility index (Phi) is 7.35. The van der Waals surface area contributed by atoms with Gasteiger partial charge in [0.05, 0.1) is 11.1 Å². The molecule has 4 aromatic rings. The van der Waals surface area contributed by atoms with Gasteiger partial charge < -0.3 is 14.7 Å². The van der Waals surface area contributed by atoms with Crippen LogP contribution in [-0.2, 0) is 9.53 Å². The van der Waals surface area contributed by atoms with E-state index in [9.17, 15) is 14.7 Å². The molecule has 0 saturated carbocycles. The summed E-state index contributed by atoms with van der Waals surface area (Å²) < 4.78 is 6.04. The maximum Gasteiger partial charge on any atom is 0.337 e. The fourth-order valence-corrected chi connectivity index (χ4v) is 4.46. The van der Waals surface area contributed by atoms with Crippen LogP contribution in [0.1, 0.15) is 48.5 Å². The smallest absolute Gasteiger partial charge is 0.337 e. The molecule has 3 aromatic carbocycles. The van der Waals surface area contributed by atoms with Gasteiger partial charge in [-0.15, -0.1) is 0 Å². The number of aryl methyl sites for hydroxylation is 1. The number of nitrogens with zero attached hydrogens (tertiary/aromatic N) is 2. The molecular formula is C30H29ClN2O4. The van der Waals surface area contributed by atoms with Gasteiger partial charge in [0.1, 0.15) is 5.69 Å². The van der Waals surface area contributed by atoms with E-state index in [2.05, 4.69) is 0 Å². The second-order valence-corrected chi connectivity index (χ2v) is 10.3. The summed E-state index contributed by atoms with van der Waals surface area (Å²) in [5, 5.41) is 11.5. The standard InChI is InChI=1S/C30H29ClN2O4/c1-18-17-24-22(15-16-23(32-24)28(34)33(5)21-9-7-6-8-10-21)26(19-11-13-20(31)14-12-19)25(18)27(29(35)36)37-30(2,3)4/h6-17,27H,1-5H3,(H,35,36). The van der Waals surface area contributed by atoms with E-state index in [1.165, 1.54) is 0 Å². The number of halogens is 1. The third-order valence-corrected chi connectivity index (χ3v) is 6.25. The minimum absolute atomic E-state index is 0.248. The van der Waals surface area contributed by atoms with Gasteiger partial charge in [0.2, 0.25) is 0 Å². The highest BCUT2D eigenvalue weighted by Gasteiger charge is 2.32. The zero-order valence-electron chi connectivity index (χ0n) is 21.4. The number of hydrogen-bond donors (Lipinski definition) is 1. The normalized spacial score (nSPS) is 12.4. The summed E-state index contributed by atoms with van der Waals surface area (Å²) in [5.74, 6) is -1.33. The Morgan fingerprint density at radius 3 is 2.24 bits per heavy atom. The molecule has 0 aliphatic rings. The number of aliphatic carboxylic acids is 1. The molecule has 1 amide bonds. The first-order valence-corrected chi connectivity index (χ1v) is 12.3. The quantitative estimate of drug-likeness (QED) is 0.296. The van der Waals surface area contributed by atoms with E-state index in [0.29, 0.717) is 32.6 Å². The van der Waals surface area contributed by atoms with Gasteiger partial charge in [-0.2, -0.15) is 0 Å². The minimum atomic E-state index is -1.21. The molecule has 0 radical (unpaired) electrons. The van der Waals surface area contributed by atoms with E-state index >= 15 is 0 Å². The number of rotatable bonds is 6. The topological polar surface area (TPSA) is 79.7 Å². The number of pyridine rings is 1. The highest BCUT2D eigenvalue weighted by molar-refractivity contribution is 6.30. The maximum atomic E-state index is 13.2. The van der Waals surface area contributed by atoms with Gasteiger partial charge in [-0.25, -0.2) is 9.78 Å². The van der Waals surface area contributed by atoms with E-state index in [1.54, 1.807) is 30.1 Å². The summed E-state index contributed by atoms with van der Waals surface area (Å²) in [6, 6.07) is 21.9. The molecule has 1 heterocycles. The Bertz CT molecular complexity index is 1460. The number of anilines is 1. The number of carboxylic acids is 1. The van der Waals surface area contributed by atoms with Crippen molar-refractivity contribution in [2.24, 2.45) is 0 Å². The molecule has 0 aliphatic heterocycles. The van der Waals surface area contributed by atoms with Crippen LogP contribution in [0.25, 0.3) is 22.0 Å². The molecule has 0 saturated heterocycles. The lowest BCUT2D eigenvalue weighted by atomic mass is 9.88. The Hall–Kier alpha value is -3.74. The van der Waals surface area contributed by atoms with Gasteiger partial charge in [0.15, 0.2) is 6.10 Å². The minimum Gasteiger partial charge on any atom is -0.479 e. The van der Waals surface area contributed by atoms with Crippen LogP contribution in [0, 0.1) is 6.92 Å². The second kappa shape index (κ2) is 10.3. The van der Waals surface area contributed by atoms with Crippen LogP contribution in [-0.4, -0.2) is 34.6 Å². The van der Waals surface area contributed by atoms with Crippen molar-refractivity contribution >= 4 is 40.1 Å². The highest BCUT2D eigenvalue weighted by Crippen LogP contribution is 2.40. The van der Waals surface area contributed by atoms with Gasteiger partial charge in [-0.05, 0) is 86.8 Å². The van der Waals surface area contributed by atoms with Gasteiger partial charge in [0.25, 0.3) is 5.91 Å². The first kappa shape index (κ1) is 26.3. The largest absolute Gasteiger partial charge is 0.479 e. The molecule has 0 aliphatic carbocycles. The van der Waals surface area contributed by atoms with Gasteiger partial charge >= 0.3 is 5.97 Å². The van der Waals surface area contributed by atoms with E-state index < -0.39 is 17.7 Å². The Balaban J connectivity index is 1.93. The number of carbonyl (C=O) groups excluding carboxylic acids is 1. The third kappa shape index (κ3) is 5.66. The molecule has 7 heteroatoms. The number of fused-ring (bicyclic) bond motifs is 1. The van der Waals surface area contributed by atoms with Crippen LogP contribution in [0.15, 0.2) is 72.8 Å². The summed E-state index contributed by atoms with van der Waals surface area (Å²) >= 11 is 6.15. The van der Waals surface area contributed by atoms with Gasteiger partial charge in [-0.3, -0.25) is 4.79 Å². The van der Waals surface area contributed by atoms with Crippen LogP contribution in [0.5, 0.6) is 0 Å². The molecular weight excluding hydrogens is 488 g/mol. The average Bonchev–Trinajstić information content (AvgIpc) is 2.86. The van der Waals surface area contributed by atoms with Crippen molar-refractivity contribution in [1.29, 1.82) is 0 Å². The lowest BCUT2D eigenvalue weighted by molar-refractivity contribution is -0.160. The van der Waals surface area contributed by atoms with Crippen molar-refractivity contribution in [3.8, 4) is 11.1 Å². The zero-order valence-corrected chi connectivity index (χ0v) is 22.2. The summed E-state index contributed by atoms with van der Waals surface area (Å²) in [6.07, 6.45) is -1.21. The van der Waals surface area contributed by atoms with E-state index in [0.717, 1.165) is 11.3 Å². The average molecular weight is 517 g/mol. The lowest BCUT2D eigenvalue weighted by Gasteiger charge is -2.28. The Morgan fingerprint density at radius 1 is 1.00 bits per heavy atom. The first-order valence-electron chi connectivity index (χ1n) is 11.9. The van der Waals surface area contributed by atoms with E-state index in [4.69, 9.17) is 21.3 Å². The van der Waals surface area contributed by atoms with E-state index in [-0.39, 0.29) is 11.6 Å². The SMILES string of the molecule is Cc1cc2nc(C(=O)N(C)c3ccccc3)ccc2c(-c2ccc(Cl)cc2)c1C(OC(C)(C)C)C(=O)O. The summed E-state index contributed by atoms with van der Waals surface area (Å²) in [7, 11) is 1.71. The highest BCUT2D eigenvalue weighted by atomic mass is 35.5. The molecule has 0 spiro atoms. The van der Waals surface area contributed by atoms with Crippen molar-refractivity contribution in [3.63, 3.8) is 0 Å². The van der Waals surface area contributed by atoms with Crippen LogP contribution in [0.3, 0.4) is 0 Å². The number of amides is 1. The molecule has 190 valence electrons. The summed E-state index contributed by atoms with van der Waals surface area (Å²) in [5.41, 5.74) is 3.63. The van der Waals surface area contributed by atoms with Crippen LogP contribution in [0.2, 0.25) is 5.02 Å². The zero-order chi connectivity index (χ0) is 26.9. The Morgan fingerprint density at radius 2 is 1.65 bits per heavy atom. The molecule has 1 atom stereocenters. The van der Waals surface area contributed by atoms with Crippen LogP contribution in [0.4, 0.5) is 5.69 Å². The number of carbonyl (C=O) groups is 2. The molecule has 0 bridgehead atoms. The number of benzene rings is 3. The lowest BCUT2D eigenvalue weighted by Crippen LogP contribution is -2.28. The molecule has 0 fully saturated rings. The molecule has 6 nitrogen and oxygen atoms in total. The first-order chi connectivity index (χ1) is 17.5. The number of para-hydroxylation sites is 1. The van der Waals surface area contributed by atoms with Gasteiger partial charge in [0, 0.05) is 28.7 Å². The predicted molar refractivity (Wildman–Crippen MR) is 147 cm³/mol. The van der Waals surface area contributed by atoms with Crippen molar-refractivity contribution in [2.45, 2.75) is 39.4 Å². The number of hydrogen-bond acceptors (Lipinski definition) is 4. The maximum absolute atomic E-state index is 13.2. The number of aromatic nitrogens is 1. The molecule has 1 N–H and O–H groups in total. The third-order valence-electron chi connectivity index (χ3n) is 6.00. The number of carboxylic acid groups (broad SMARTS) is 1. The van der Waals surface area contributed by atoms with Crippen LogP contribution < -0.4 is 4.90 Å². The Labute approximate surface area is 221 Å². The van der Waals surface area contributed by atoms with E-state index in [1.807, 2.05) is 82.3 Å². The number of ether oxygens (including phenoxy) is 1. The predicted octanol–water partition coefficient (Wildman–Crippen LogP) is 7.08. The fraction of sp³-hybridized carbons (Fsp3) is 0.233. The summed E-state index contributed by atoms with van der Waals surface area (Å²) in [6.45, 7) is 7.31. The van der Waals surface area contributed by atoms with Crippen molar-refractivity contribution in [2.75, 3.05) is 11.9 Å². The van der Waals surface area contributed by atoms with Crippen LogP contribution >= 0.6 is 11.6 Å². The van der Waals surface area contributed by atoms with Gasteiger partial charge in [-0.1, -0.05) is 41.9 Å².